The first-order valence-electron chi connectivity index (χ1n) is 9.61. The number of hydrogen-bond acceptors (Lipinski definition) is 3. The van der Waals surface area contributed by atoms with Crippen molar-refractivity contribution >= 4 is 48.9 Å². The molecular weight excluding hydrogens is 583 g/mol. The van der Waals surface area contributed by atoms with Crippen molar-refractivity contribution in [2.75, 3.05) is 0 Å². The molecule has 0 unspecified atom stereocenters. The Bertz CT molecular complexity index is 1370. The van der Waals surface area contributed by atoms with Gasteiger partial charge in [-0.15, -0.1) is 23.6 Å². The van der Waals surface area contributed by atoms with Gasteiger partial charge < -0.3 is 5.11 Å². The minimum Gasteiger partial charge on any atom is -0.512 e. The molecule has 0 aliphatic carbocycles. The van der Waals surface area contributed by atoms with Gasteiger partial charge in [-0.25, -0.2) is 11.3 Å². The quantitative estimate of drug-likeness (QED) is 0.0771. The minimum atomic E-state index is 0. The Morgan fingerprint density at radius 1 is 0.903 bits per heavy atom. The summed E-state index contributed by atoms with van der Waals surface area (Å²) < 4.78 is 1.25. The number of rotatable bonds is 2. The van der Waals surface area contributed by atoms with E-state index in [9.17, 15) is 0 Å². The van der Waals surface area contributed by atoms with E-state index in [0.29, 0.717) is 0 Å². The van der Waals surface area contributed by atoms with Gasteiger partial charge >= 0.3 is 5.78 Å². The molecule has 0 saturated heterocycles. The average molecular weight is 604 g/mol. The summed E-state index contributed by atoms with van der Waals surface area (Å²) in [6, 6.07) is 28.7. The van der Waals surface area contributed by atoms with Crippen molar-refractivity contribution in [3.05, 3.63) is 90.7 Å². The van der Waals surface area contributed by atoms with E-state index in [0.717, 1.165) is 21.5 Å². The summed E-state index contributed by atoms with van der Waals surface area (Å²) in [5.41, 5.74) is 2.06. The first-order valence-corrected chi connectivity index (χ1v) is 10.4. The molecule has 31 heavy (non-hydrogen) atoms. The molecule has 2 aromatic heterocycles. The van der Waals surface area contributed by atoms with Gasteiger partial charge in [0.05, 0.1) is 24.3 Å². The molecule has 0 bridgehead atoms. The zero-order valence-corrected chi connectivity index (χ0v) is 20.3. The SMILES string of the molecule is CC(=[OH+])/C=C(/C)O.[Ir].[c-]1c(-c2nc3ccccc3c3ccccc23)sc2ccccc12. The van der Waals surface area contributed by atoms with Crippen LogP contribution in [0, 0.1) is 6.07 Å². The Balaban J connectivity index is 0.000000299. The van der Waals surface area contributed by atoms with Crippen molar-refractivity contribution in [1.29, 1.82) is 0 Å². The fourth-order valence-electron chi connectivity index (χ4n) is 3.40. The van der Waals surface area contributed by atoms with Crippen molar-refractivity contribution in [3.8, 4) is 10.6 Å². The van der Waals surface area contributed by atoms with E-state index in [4.69, 9.17) is 14.9 Å². The van der Waals surface area contributed by atoms with Crippen LogP contribution in [-0.2, 0) is 20.1 Å². The molecule has 0 aliphatic heterocycles. The number of benzene rings is 3. The van der Waals surface area contributed by atoms with Crippen LogP contribution >= 0.6 is 11.3 Å². The maximum Gasteiger partial charge on any atom is 0.316 e. The Kier molecular flexibility index (Phi) is 7.34. The monoisotopic (exact) mass is 604 g/mol. The number of aromatic nitrogens is 1. The Morgan fingerprint density at radius 2 is 1.52 bits per heavy atom. The van der Waals surface area contributed by atoms with Crippen LogP contribution in [0.4, 0.5) is 0 Å². The number of para-hydroxylation sites is 1. The van der Waals surface area contributed by atoms with Gasteiger partial charge in [0.15, 0.2) is 0 Å². The van der Waals surface area contributed by atoms with Crippen LogP contribution in [0.3, 0.4) is 0 Å². The summed E-state index contributed by atoms with van der Waals surface area (Å²) >= 11 is 1.76. The molecule has 157 valence electrons. The van der Waals surface area contributed by atoms with Gasteiger partial charge in [0.2, 0.25) is 0 Å². The Hall–Kier alpha value is -2.85. The number of allylic oxidation sites excluding steroid dienone is 2. The zero-order valence-electron chi connectivity index (χ0n) is 17.1. The van der Waals surface area contributed by atoms with Crippen molar-refractivity contribution in [1.82, 2.24) is 4.98 Å². The predicted octanol–water partition coefficient (Wildman–Crippen LogP) is 7.08. The van der Waals surface area contributed by atoms with Gasteiger partial charge in [0.1, 0.15) is 0 Å². The maximum absolute atomic E-state index is 8.40. The molecule has 5 aromatic rings. The molecule has 5 rings (SSSR count). The summed E-state index contributed by atoms with van der Waals surface area (Å²) in [7, 11) is 0. The summed E-state index contributed by atoms with van der Waals surface area (Å²) in [5.74, 6) is 0.250. The first kappa shape index (κ1) is 22.8. The van der Waals surface area contributed by atoms with Gasteiger partial charge in [-0.05, 0) is 33.3 Å². The third-order valence-electron chi connectivity index (χ3n) is 4.59. The van der Waals surface area contributed by atoms with E-state index < -0.39 is 0 Å². The molecule has 5 heteroatoms. The van der Waals surface area contributed by atoms with E-state index in [-0.39, 0.29) is 31.6 Å². The van der Waals surface area contributed by atoms with Crippen molar-refractivity contribution < 1.29 is 30.0 Å². The molecule has 0 fully saturated rings. The number of aliphatic hydroxyl groups excluding tert-OH is 1. The number of ketones is 1. The molecule has 3 aromatic carbocycles. The summed E-state index contributed by atoms with van der Waals surface area (Å²) in [4.78, 5) is 14.5. The van der Waals surface area contributed by atoms with Crippen LogP contribution < -0.4 is 0 Å². The fourth-order valence-corrected chi connectivity index (χ4v) is 4.41. The second-order valence-corrected chi connectivity index (χ2v) is 8.05. The molecule has 2 N–H and O–H groups in total. The fraction of sp³-hybridized carbons (Fsp3) is 0.0769. The third kappa shape index (κ3) is 5.08. The predicted molar refractivity (Wildman–Crippen MR) is 128 cm³/mol. The van der Waals surface area contributed by atoms with Crippen molar-refractivity contribution in [2.24, 2.45) is 0 Å². The Labute approximate surface area is 198 Å². The Morgan fingerprint density at radius 3 is 2.16 bits per heavy atom. The van der Waals surface area contributed by atoms with Crippen molar-refractivity contribution in [3.63, 3.8) is 0 Å². The zero-order chi connectivity index (χ0) is 21.1. The topological polar surface area (TPSA) is 54.5 Å². The van der Waals surface area contributed by atoms with Gasteiger partial charge in [0, 0.05) is 31.2 Å². The second-order valence-electron chi connectivity index (χ2n) is 7.00. The van der Waals surface area contributed by atoms with Crippen LogP contribution in [-0.4, -0.2) is 20.7 Å². The molecule has 0 atom stereocenters. The molecule has 1 radical (unpaired) electrons. The smallest absolute Gasteiger partial charge is 0.316 e. The number of pyridine rings is 1. The number of aliphatic hydroxyl groups is 1. The number of carbonyl (C=O) groups excluding carboxylic acids is 1. The minimum absolute atomic E-state index is 0. The van der Waals surface area contributed by atoms with E-state index >= 15 is 0 Å². The number of hydrogen-bond donors (Lipinski definition) is 1. The number of thiophene rings is 1. The molecule has 2 heterocycles. The van der Waals surface area contributed by atoms with Gasteiger partial charge in [-0.2, -0.15) is 0 Å². The molecule has 0 spiro atoms. The molecule has 0 saturated carbocycles. The van der Waals surface area contributed by atoms with Crippen LogP contribution in [0.2, 0.25) is 0 Å². The normalized spacial score (nSPS) is 11.1. The van der Waals surface area contributed by atoms with Crippen LogP contribution in [0.15, 0.2) is 84.6 Å². The average Bonchev–Trinajstić information content (AvgIpc) is 3.17. The maximum atomic E-state index is 8.40. The van der Waals surface area contributed by atoms with Crippen LogP contribution in [0.25, 0.3) is 42.3 Å². The summed E-state index contributed by atoms with van der Waals surface area (Å²) in [6.45, 7) is 3.00. The van der Waals surface area contributed by atoms with E-state index in [1.165, 1.54) is 40.8 Å². The summed E-state index contributed by atoms with van der Waals surface area (Å²) in [5, 5.41) is 13.2. The van der Waals surface area contributed by atoms with E-state index in [1.54, 1.807) is 11.3 Å². The summed E-state index contributed by atoms with van der Waals surface area (Å²) in [6.07, 6.45) is 1.28. The molecule has 0 aliphatic rings. The van der Waals surface area contributed by atoms with Crippen LogP contribution in [0.5, 0.6) is 0 Å². The molecular formula is C26H21IrNO2S. The largest absolute Gasteiger partial charge is 0.512 e. The van der Waals surface area contributed by atoms with Crippen LogP contribution in [0.1, 0.15) is 13.8 Å². The number of fused-ring (bicyclic) bond motifs is 4. The van der Waals surface area contributed by atoms with Gasteiger partial charge in [0.25, 0.3) is 0 Å². The standard InChI is InChI=1S/C21H12NS.C5H8O2.Ir/c1-6-12-19-14(7-1)13-20(23-19)21-17-10-3-2-8-15(17)16-9-4-5-11-18(16)22-21;1-4(6)3-5(2)7;/h1-12H;3,6H,1-2H3;/q-1;;/p+1/b;4-3-;. The molecule has 3 nitrogen and oxygen atoms in total. The second kappa shape index (κ2) is 9.97. The first-order chi connectivity index (χ1) is 14.5. The van der Waals surface area contributed by atoms with E-state index in [2.05, 4.69) is 72.8 Å². The van der Waals surface area contributed by atoms with Crippen molar-refractivity contribution in [2.45, 2.75) is 13.8 Å². The van der Waals surface area contributed by atoms with Gasteiger partial charge in [-0.3, -0.25) is 9.78 Å². The third-order valence-corrected chi connectivity index (χ3v) is 5.66. The van der Waals surface area contributed by atoms with E-state index in [1.807, 2.05) is 6.07 Å². The van der Waals surface area contributed by atoms with Gasteiger partial charge in [-0.1, -0.05) is 54.6 Å². The number of nitrogens with zero attached hydrogens (tertiary/aromatic N) is 1. The molecule has 0 amide bonds.